The third kappa shape index (κ3) is 2.58. The topological polar surface area (TPSA) is 26.3 Å². The van der Waals surface area contributed by atoms with Gasteiger partial charge in [-0.3, -0.25) is 0 Å². The van der Waals surface area contributed by atoms with Crippen LogP contribution in [0.2, 0.25) is 0 Å². The minimum Gasteiger partial charge on any atom is -0.448 e. The van der Waals surface area contributed by atoms with Gasteiger partial charge >= 0.3 is 0 Å². The molecule has 0 saturated carbocycles. The summed E-state index contributed by atoms with van der Waals surface area (Å²) in [6, 6.07) is 15.6. The van der Waals surface area contributed by atoms with E-state index in [2.05, 4.69) is 43.7 Å². The van der Waals surface area contributed by atoms with Crippen LogP contribution in [0.5, 0.6) is 0 Å². The van der Waals surface area contributed by atoms with Gasteiger partial charge in [0.1, 0.15) is 11.2 Å². The second kappa shape index (κ2) is 5.35. The highest BCUT2D eigenvalue weighted by molar-refractivity contribution is 9.10. The van der Waals surface area contributed by atoms with Crippen molar-refractivity contribution in [2.45, 2.75) is 0 Å². The Bertz CT molecular complexity index is 977. The fourth-order valence-electron chi connectivity index (χ4n) is 2.27. The Morgan fingerprint density at radius 2 is 1.09 bits per heavy atom. The van der Waals surface area contributed by atoms with E-state index in [1.54, 1.807) is 0 Å². The standard InChI is InChI=1S/C18H8Br2O2/c19-13-1-5-17-11(7-13)9-15(21-17)3-4-16-10-12-8-14(20)2-6-18(12)22-16/h1-2,5-10H. The van der Waals surface area contributed by atoms with Gasteiger partial charge in [0.25, 0.3) is 0 Å². The lowest BCUT2D eigenvalue weighted by Gasteiger charge is -1.87. The van der Waals surface area contributed by atoms with Crippen LogP contribution >= 0.6 is 31.9 Å². The van der Waals surface area contributed by atoms with E-state index in [-0.39, 0.29) is 0 Å². The normalized spacial score (nSPS) is 10.8. The van der Waals surface area contributed by atoms with Crippen LogP contribution in [-0.2, 0) is 0 Å². The van der Waals surface area contributed by atoms with Crippen molar-refractivity contribution in [3.63, 3.8) is 0 Å². The molecule has 4 rings (SSSR count). The zero-order chi connectivity index (χ0) is 15.1. The highest BCUT2D eigenvalue weighted by atomic mass is 79.9. The molecule has 22 heavy (non-hydrogen) atoms. The van der Waals surface area contributed by atoms with E-state index < -0.39 is 0 Å². The first-order valence-corrected chi connectivity index (χ1v) is 8.16. The molecule has 2 aromatic carbocycles. The Morgan fingerprint density at radius 3 is 1.55 bits per heavy atom. The molecule has 4 heteroatoms. The molecule has 0 radical (unpaired) electrons. The summed E-state index contributed by atoms with van der Waals surface area (Å²) in [6.07, 6.45) is 0. The average molecular weight is 416 g/mol. The largest absolute Gasteiger partial charge is 0.448 e. The van der Waals surface area contributed by atoms with Crippen molar-refractivity contribution >= 4 is 53.8 Å². The maximum Gasteiger partial charge on any atom is 0.178 e. The highest BCUT2D eigenvalue weighted by Gasteiger charge is 2.04. The lowest BCUT2D eigenvalue weighted by molar-refractivity contribution is 0.595. The number of halogens is 2. The Morgan fingerprint density at radius 1 is 0.636 bits per heavy atom. The highest BCUT2D eigenvalue weighted by Crippen LogP contribution is 2.24. The van der Waals surface area contributed by atoms with Crippen molar-refractivity contribution < 1.29 is 8.83 Å². The molecule has 2 heterocycles. The van der Waals surface area contributed by atoms with E-state index in [9.17, 15) is 0 Å². The summed E-state index contributed by atoms with van der Waals surface area (Å²) in [4.78, 5) is 0. The lowest BCUT2D eigenvalue weighted by Crippen LogP contribution is -1.66. The molecule has 0 unspecified atom stereocenters. The molecule has 0 aliphatic carbocycles. The van der Waals surface area contributed by atoms with Crippen molar-refractivity contribution in [2.75, 3.05) is 0 Å². The van der Waals surface area contributed by atoms with Crippen molar-refractivity contribution in [2.24, 2.45) is 0 Å². The second-order valence-corrected chi connectivity index (χ2v) is 6.67. The lowest BCUT2D eigenvalue weighted by atomic mass is 10.2. The minimum absolute atomic E-state index is 0.620. The first kappa shape index (κ1) is 13.7. The quantitative estimate of drug-likeness (QED) is 0.324. The number of hydrogen-bond donors (Lipinski definition) is 0. The molecule has 0 bridgehead atoms. The number of furan rings is 2. The van der Waals surface area contributed by atoms with Crippen LogP contribution < -0.4 is 0 Å². The van der Waals surface area contributed by atoms with Crippen LogP contribution in [0.1, 0.15) is 11.5 Å². The molecule has 0 saturated heterocycles. The summed E-state index contributed by atoms with van der Waals surface area (Å²) in [5.74, 6) is 7.26. The monoisotopic (exact) mass is 414 g/mol. The van der Waals surface area contributed by atoms with E-state index in [0.717, 1.165) is 30.9 Å². The Kier molecular flexibility index (Phi) is 3.33. The molecule has 0 atom stereocenters. The van der Waals surface area contributed by atoms with Crippen molar-refractivity contribution in [1.29, 1.82) is 0 Å². The van der Waals surface area contributed by atoms with Crippen LogP contribution in [0.25, 0.3) is 21.9 Å². The molecule has 2 nitrogen and oxygen atoms in total. The average Bonchev–Trinajstić information content (AvgIpc) is 3.07. The number of benzene rings is 2. The molecule has 4 aromatic rings. The summed E-state index contributed by atoms with van der Waals surface area (Å²) in [5.41, 5.74) is 1.64. The number of hydrogen-bond acceptors (Lipinski definition) is 2. The van der Waals surface area contributed by atoms with Crippen LogP contribution in [0.4, 0.5) is 0 Å². The van der Waals surface area contributed by atoms with E-state index >= 15 is 0 Å². The van der Waals surface area contributed by atoms with Crippen molar-refractivity contribution in [3.8, 4) is 11.8 Å². The van der Waals surface area contributed by atoms with E-state index in [0.29, 0.717) is 11.5 Å². The van der Waals surface area contributed by atoms with Gasteiger partial charge in [-0.2, -0.15) is 0 Å². The van der Waals surface area contributed by atoms with Gasteiger partial charge < -0.3 is 8.83 Å². The maximum absolute atomic E-state index is 5.69. The summed E-state index contributed by atoms with van der Waals surface area (Å²) in [7, 11) is 0. The van der Waals surface area contributed by atoms with Crippen LogP contribution in [0.3, 0.4) is 0 Å². The predicted octanol–water partition coefficient (Wildman–Crippen LogP) is 6.10. The van der Waals surface area contributed by atoms with Gasteiger partial charge in [0, 0.05) is 31.9 Å². The van der Waals surface area contributed by atoms with E-state index in [1.807, 2.05) is 48.5 Å². The van der Waals surface area contributed by atoms with E-state index in [4.69, 9.17) is 8.83 Å². The van der Waals surface area contributed by atoms with Crippen molar-refractivity contribution in [3.05, 3.63) is 69.0 Å². The summed E-state index contributed by atoms with van der Waals surface area (Å²) < 4.78 is 13.4. The first-order chi connectivity index (χ1) is 10.7. The Hall–Kier alpha value is -1.96. The van der Waals surface area contributed by atoms with Gasteiger partial charge in [0.15, 0.2) is 11.5 Å². The minimum atomic E-state index is 0.620. The van der Waals surface area contributed by atoms with Crippen LogP contribution in [0.15, 0.2) is 66.3 Å². The molecule has 2 aromatic heterocycles. The third-order valence-corrected chi connectivity index (χ3v) is 4.25. The SMILES string of the molecule is Brc1ccc2oc(C#Cc3cc4cc(Br)ccc4o3)cc2c1. The fraction of sp³-hybridized carbons (Fsp3) is 0. The Balaban J connectivity index is 1.73. The van der Waals surface area contributed by atoms with Gasteiger partial charge in [-0.25, -0.2) is 0 Å². The molecular weight excluding hydrogens is 408 g/mol. The maximum atomic E-state index is 5.69. The van der Waals surface area contributed by atoms with Crippen LogP contribution in [-0.4, -0.2) is 0 Å². The van der Waals surface area contributed by atoms with Gasteiger partial charge in [-0.15, -0.1) is 0 Å². The molecule has 0 aliphatic heterocycles. The third-order valence-electron chi connectivity index (χ3n) is 3.27. The second-order valence-electron chi connectivity index (χ2n) is 4.84. The zero-order valence-electron chi connectivity index (χ0n) is 11.2. The van der Waals surface area contributed by atoms with Crippen molar-refractivity contribution in [1.82, 2.24) is 0 Å². The molecule has 0 fully saturated rings. The van der Waals surface area contributed by atoms with Gasteiger partial charge in [-0.1, -0.05) is 31.9 Å². The zero-order valence-corrected chi connectivity index (χ0v) is 14.4. The molecule has 106 valence electrons. The molecule has 0 amide bonds. The molecule has 0 spiro atoms. The summed E-state index contributed by atoms with van der Waals surface area (Å²) in [6.45, 7) is 0. The van der Waals surface area contributed by atoms with Gasteiger partial charge in [0.05, 0.1) is 0 Å². The smallest absolute Gasteiger partial charge is 0.178 e. The number of fused-ring (bicyclic) bond motifs is 2. The fourth-order valence-corrected chi connectivity index (χ4v) is 3.03. The molecule has 0 N–H and O–H groups in total. The summed E-state index contributed by atoms with van der Waals surface area (Å²) in [5, 5.41) is 2.04. The summed E-state index contributed by atoms with van der Waals surface area (Å²) >= 11 is 6.89. The first-order valence-electron chi connectivity index (χ1n) is 6.58. The Labute approximate surface area is 143 Å². The van der Waals surface area contributed by atoms with E-state index in [1.165, 1.54) is 0 Å². The van der Waals surface area contributed by atoms with Crippen LogP contribution in [0, 0.1) is 11.8 Å². The molecule has 0 aliphatic rings. The predicted molar refractivity (Wildman–Crippen MR) is 93.8 cm³/mol. The van der Waals surface area contributed by atoms with Gasteiger partial charge in [-0.05, 0) is 48.2 Å². The number of rotatable bonds is 0. The molecular formula is C18H8Br2O2. The van der Waals surface area contributed by atoms with Gasteiger partial charge in [0.2, 0.25) is 0 Å².